The maximum Gasteiger partial charge on any atom is 0.128 e. The molecule has 0 spiro atoms. The Hall–Kier alpha value is -2.39. The van der Waals surface area contributed by atoms with E-state index < -0.39 is 0 Å². The Labute approximate surface area is 137 Å². The van der Waals surface area contributed by atoms with Gasteiger partial charge in [0, 0.05) is 36.3 Å². The normalized spacial score (nSPS) is 12.5. The van der Waals surface area contributed by atoms with Gasteiger partial charge in [-0.25, -0.2) is 0 Å². The molecule has 0 aliphatic carbocycles. The molecule has 3 nitrogen and oxygen atoms in total. The molecule has 0 amide bonds. The van der Waals surface area contributed by atoms with E-state index in [9.17, 15) is 0 Å². The highest BCUT2D eigenvalue weighted by Crippen LogP contribution is 2.30. The molecule has 1 aromatic heterocycles. The van der Waals surface area contributed by atoms with Gasteiger partial charge in [0.05, 0.1) is 0 Å². The quantitative estimate of drug-likeness (QED) is 0.678. The number of benzene rings is 2. The highest BCUT2D eigenvalue weighted by atomic mass is 16.5. The first-order valence-corrected chi connectivity index (χ1v) is 7.93. The summed E-state index contributed by atoms with van der Waals surface area (Å²) in [7, 11) is 4.16. The maximum atomic E-state index is 6.40. The number of aromatic nitrogens is 1. The minimum absolute atomic E-state index is 0.00286. The van der Waals surface area contributed by atoms with Crippen LogP contribution in [0.3, 0.4) is 0 Å². The summed E-state index contributed by atoms with van der Waals surface area (Å²) < 4.78 is 6.40. The van der Waals surface area contributed by atoms with E-state index >= 15 is 0 Å². The van der Waals surface area contributed by atoms with E-state index in [4.69, 9.17) is 4.74 Å². The SMILES string of the molecule is CN(C)CCC(Oc1cccc2ccccc12)c1cccnc1. The van der Waals surface area contributed by atoms with Crippen molar-refractivity contribution < 1.29 is 4.74 Å². The van der Waals surface area contributed by atoms with Gasteiger partial charge in [-0.3, -0.25) is 4.98 Å². The summed E-state index contributed by atoms with van der Waals surface area (Å²) in [5.74, 6) is 0.927. The Morgan fingerprint density at radius 2 is 1.83 bits per heavy atom. The average molecular weight is 306 g/mol. The number of ether oxygens (including phenoxy) is 1. The molecule has 0 radical (unpaired) electrons. The zero-order valence-electron chi connectivity index (χ0n) is 13.6. The number of fused-ring (bicyclic) bond motifs is 1. The monoisotopic (exact) mass is 306 g/mol. The second kappa shape index (κ2) is 7.25. The molecule has 0 aliphatic rings. The second-order valence-corrected chi connectivity index (χ2v) is 5.96. The van der Waals surface area contributed by atoms with Gasteiger partial charge in [0.1, 0.15) is 11.9 Å². The third-order valence-corrected chi connectivity index (χ3v) is 3.91. The van der Waals surface area contributed by atoms with Crippen molar-refractivity contribution in [2.45, 2.75) is 12.5 Å². The molecule has 118 valence electrons. The molecule has 0 fully saturated rings. The van der Waals surface area contributed by atoms with Gasteiger partial charge in [-0.2, -0.15) is 0 Å². The minimum Gasteiger partial charge on any atom is -0.485 e. The first-order valence-electron chi connectivity index (χ1n) is 7.93. The first-order chi connectivity index (χ1) is 11.2. The van der Waals surface area contributed by atoms with Crippen LogP contribution in [0.2, 0.25) is 0 Å². The summed E-state index contributed by atoms with van der Waals surface area (Å²) >= 11 is 0. The van der Waals surface area contributed by atoms with Gasteiger partial charge in [0.15, 0.2) is 0 Å². The van der Waals surface area contributed by atoms with Crippen molar-refractivity contribution in [3.05, 3.63) is 72.6 Å². The summed E-state index contributed by atoms with van der Waals surface area (Å²) in [5.41, 5.74) is 1.11. The Kier molecular flexibility index (Phi) is 4.89. The predicted octanol–water partition coefficient (Wildman–Crippen LogP) is 4.31. The molecule has 1 unspecified atom stereocenters. The predicted molar refractivity (Wildman–Crippen MR) is 94.7 cm³/mol. The van der Waals surface area contributed by atoms with E-state index in [2.05, 4.69) is 54.3 Å². The van der Waals surface area contributed by atoms with Crippen molar-refractivity contribution in [2.24, 2.45) is 0 Å². The van der Waals surface area contributed by atoms with Crippen molar-refractivity contribution in [3.63, 3.8) is 0 Å². The zero-order chi connectivity index (χ0) is 16.1. The molecule has 0 saturated heterocycles. The van der Waals surface area contributed by atoms with Crippen LogP contribution >= 0.6 is 0 Å². The molecule has 3 rings (SSSR count). The molecule has 3 heteroatoms. The third kappa shape index (κ3) is 3.88. The van der Waals surface area contributed by atoms with Gasteiger partial charge in [-0.1, -0.05) is 42.5 Å². The summed E-state index contributed by atoms with van der Waals surface area (Å²) in [6.45, 7) is 0.963. The average Bonchev–Trinajstić information content (AvgIpc) is 2.59. The number of pyridine rings is 1. The van der Waals surface area contributed by atoms with E-state index in [1.54, 1.807) is 6.20 Å². The van der Waals surface area contributed by atoms with E-state index in [0.717, 1.165) is 29.7 Å². The lowest BCUT2D eigenvalue weighted by atomic mass is 10.1. The molecule has 1 atom stereocenters. The van der Waals surface area contributed by atoms with Gasteiger partial charge < -0.3 is 9.64 Å². The first kappa shape index (κ1) is 15.5. The van der Waals surface area contributed by atoms with Gasteiger partial charge in [-0.05, 0) is 31.6 Å². The molecular formula is C20H22N2O. The summed E-state index contributed by atoms with van der Waals surface area (Å²) in [4.78, 5) is 6.42. The molecule has 0 saturated carbocycles. The van der Waals surface area contributed by atoms with Crippen molar-refractivity contribution >= 4 is 10.8 Å². The van der Waals surface area contributed by atoms with Gasteiger partial charge in [0.25, 0.3) is 0 Å². The topological polar surface area (TPSA) is 25.4 Å². The lowest BCUT2D eigenvalue weighted by molar-refractivity contribution is 0.181. The van der Waals surface area contributed by atoms with E-state index in [1.807, 2.05) is 30.5 Å². The summed E-state index contributed by atoms with van der Waals surface area (Å²) in [6, 6.07) is 18.6. The maximum absolute atomic E-state index is 6.40. The molecule has 2 aromatic carbocycles. The Bertz CT molecular complexity index is 750. The number of nitrogens with zero attached hydrogens (tertiary/aromatic N) is 2. The van der Waals surface area contributed by atoms with Crippen LogP contribution in [-0.2, 0) is 0 Å². The summed E-state index contributed by atoms with van der Waals surface area (Å²) in [6.07, 6.45) is 4.61. The fourth-order valence-electron chi connectivity index (χ4n) is 2.69. The largest absolute Gasteiger partial charge is 0.485 e. The van der Waals surface area contributed by atoms with E-state index in [1.165, 1.54) is 5.39 Å². The fourth-order valence-corrected chi connectivity index (χ4v) is 2.69. The third-order valence-electron chi connectivity index (χ3n) is 3.91. The smallest absolute Gasteiger partial charge is 0.128 e. The fraction of sp³-hybridized carbons (Fsp3) is 0.250. The number of hydrogen-bond acceptors (Lipinski definition) is 3. The molecular weight excluding hydrogens is 284 g/mol. The number of rotatable bonds is 6. The van der Waals surface area contributed by atoms with Crippen molar-refractivity contribution in [2.75, 3.05) is 20.6 Å². The van der Waals surface area contributed by atoms with Crippen LogP contribution < -0.4 is 4.74 Å². The number of hydrogen-bond donors (Lipinski definition) is 0. The van der Waals surface area contributed by atoms with Gasteiger partial charge in [-0.15, -0.1) is 0 Å². The van der Waals surface area contributed by atoms with E-state index in [-0.39, 0.29) is 6.10 Å². The van der Waals surface area contributed by atoms with E-state index in [0.29, 0.717) is 0 Å². The van der Waals surface area contributed by atoms with Crippen molar-refractivity contribution in [3.8, 4) is 5.75 Å². The van der Waals surface area contributed by atoms with Crippen LogP contribution in [-0.4, -0.2) is 30.5 Å². The minimum atomic E-state index is -0.00286. The highest BCUT2D eigenvalue weighted by Gasteiger charge is 2.15. The standard InChI is InChI=1S/C20H22N2O/c1-22(2)14-12-19(17-9-6-13-21-15-17)23-20-11-5-8-16-7-3-4-10-18(16)20/h3-11,13,15,19H,12,14H2,1-2H3. The second-order valence-electron chi connectivity index (χ2n) is 5.96. The zero-order valence-corrected chi connectivity index (χ0v) is 13.6. The van der Waals surface area contributed by atoms with Crippen LogP contribution in [0.15, 0.2) is 67.0 Å². The Morgan fingerprint density at radius 3 is 2.61 bits per heavy atom. The Balaban J connectivity index is 1.90. The molecule has 0 N–H and O–H groups in total. The molecule has 3 aromatic rings. The summed E-state index contributed by atoms with van der Waals surface area (Å²) in [5, 5.41) is 2.34. The molecule has 23 heavy (non-hydrogen) atoms. The van der Waals surface area contributed by atoms with Crippen LogP contribution in [0.4, 0.5) is 0 Å². The van der Waals surface area contributed by atoms with Crippen molar-refractivity contribution in [1.29, 1.82) is 0 Å². The lowest BCUT2D eigenvalue weighted by Gasteiger charge is -2.22. The Morgan fingerprint density at radius 1 is 1.00 bits per heavy atom. The van der Waals surface area contributed by atoms with Gasteiger partial charge in [0.2, 0.25) is 0 Å². The molecule has 1 heterocycles. The molecule has 0 aliphatic heterocycles. The highest BCUT2D eigenvalue weighted by molar-refractivity contribution is 5.88. The van der Waals surface area contributed by atoms with Crippen LogP contribution in [0.1, 0.15) is 18.1 Å². The van der Waals surface area contributed by atoms with Crippen LogP contribution in [0.5, 0.6) is 5.75 Å². The van der Waals surface area contributed by atoms with Crippen molar-refractivity contribution in [1.82, 2.24) is 9.88 Å². The van der Waals surface area contributed by atoms with Gasteiger partial charge >= 0.3 is 0 Å². The molecule has 0 bridgehead atoms. The lowest BCUT2D eigenvalue weighted by Crippen LogP contribution is -2.19. The van der Waals surface area contributed by atoms with Crippen LogP contribution in [0, 0.1) is 0 Å². The van der Waals surface area contributed by atoms with Crippen LogP contribution in [0.25, 0.3) is 10.8 Å².